The number of benzene rings is 2. The summed E-state index contributed by atoms with van der Waals surface area (Å²) >= 11 is 0. The minimum atomic E-state index is 0.0910. The van der Waals surface area contributed by atoms with Crippen LogP contribution in [-0.4, -0.2) is 60.6 Å². The SMILES string of the molecule is O=C(c1cccc2c1OCC2)N1CCC(Oc2ccc3c(c2)CCN(C2CCC2)CC3)CC1. The lowest BCUT2D eigenvalue weighted by atomic mass is 9.91. The zero-order chi connectivity index (χ0) is 22.2. The van der Waals surface area contributed by atoms with E-state index in [1.54, 1.807) is 0 Å². The number of fused-ring (bicyclic) bond motifs is 2. The van der Waals surface area contributed by atoms with Crippen LogP contribution in [0.5, 0.6) is 11.5 Å². The standard InChI is InChI=1S/C28H34N2O3/c31-28(26-6-1-3-21-13-18-32-27(21)26)30-16-11-24(12-17-30)33-25-8-7-20-9-14-29(23-4-2-5-23)15-10-22(20)19-25/h1,3,6-8,19,23-24H,2,4-5,9-18H2. The van der Waals surface area contributed by atoms with E-state index in [2.05, 4.69) is 29.2 Å². The molecule has 6 rings (SSSR count). The Morgan fingerprint density at radius 2 is 1.70 bits per heavy atom. The summed E-state index contributed by atoms with van der Waals surface area (Å²) in [4.78, 5) is 17.8. The second-order valence-electron chi connectivity index (χ2n) is 10.1. The summed E-state index contributed by atoms with van der Waals surface area (Å²) in [6, 6.07) is 13.5. The molecule has 1 saturated heterocycles. The molecule has 0 bridgehead atoms. The van der Waals surface area contributed by atoms with Crippen molar-refractivity contribution in [3.8, 4) is 11.5 Å². The van der Waals surface area contributed by atoms with Crippen LogP contribution in [0.2, 0.25) is 0 Å². The molecule has 3 aliphatic heterocycles. The topological polar surface area (TPSA) is 42.0 Å². The van der Waals surface area contributed by atoms with E-state index in [0.717, 1.165) is 68.3 Å². The second kappa shape index (κ2) is 9.02. The van der Waals surface area contributed by atoms with Crippen LogP contribution in [0, 0.1) is 0 Å². The highest BCUT2D eigenvalue weighted by molar-refractivity contribution is 5.97. The van der Waals surface area contributed by atoms with Gasteiger partial charge in [-0.1, -0.05) is 24.6 Å². The van der Waals surface area contributed by atoms with E-state index in [9.17, 15) is 4.79 Å². The van der Waals surface area contributed by atoms with E-state index in [0.29, 0.717) is 12.2 Å². The highest BCUT2D eigenvalue weighted by Gasteiger charge is 2.29. The molecule has 1 aliphatic carbocycles. The van der Waals surface area contributed by atoms with Gasteiger partial charge in [0.25, 0.3) is 5.91 Å². The number of para-hydroxylation sites is 1. The smallest absolute Gasteiger partial charge is 0.257 e. The quantitative estimate of drug-likeness (QED) is 0.704. The lowest BCUT2D eigenvalue weighted by molar-refractivity contribution is 0.0592. The Morgan fingerprint density at radius 1 is 0.879 bits per heavy atom. The van der Waals surface area contributed by atoms with Gasteiger partial charge in [0, 0.05) is 51.5 Å². The van der Waals surface area contributed by atoms with Crippen LogP contribution in [0.15, 0.2) is 36.4 Å². The molecule has 0 radical (unpaired) electrons. The van der Waals surface area contributed by atoms with Gasteiger partial charge >= 0.3 is 0 Å². The Hall–Kier alpha value is -2.53. The summed E-state index contributed by atoms with van der Waals surface area (Å²) in [6.07, 6.45) is 9.24. The van der Waals surface area contributed by atoms with Crippen molar-refractivity contribution in [2.24, 2.45) is 0 Å². The number of carbonyl (C=O) groups excluding carboxylic acids is 1. The molecule has 174 valence electrons. The molecular formula is C28H34N2O3. The van der Waals surface area contributed by atoms with Crippen LogP contribution in [0.25, 0.3) is 0 Å². The fourth-order valence-electron chi connectivity index (χ4n) is 5.83. The normalized spacial score (nSPS) is 21.5. The molecule has 2 fully saturated rings. The van der Waals surface area contributed by atoms with Crippen molar-refractivity contribution in [3.05, 3.63) is 58.7 Å². The lowest BCUT2D eigenvalue weighted by Crippen LogP contribution is -2.41. The van der Waals surface area contributed by atoms with E-state index in [1.165, 1.54) is 43.5 Å². The van der Waals surface area contributed by atoms with E-state index >= 15 is 0 Å². The monoisotopic (exact) mass is 446 g/mol. The minimum Gasteiger partial charge on any atom is -0.492 e. The summed E-state index contributed by atoms with van der Waals surface area (Å²) < 4.78 is 12.2. The number of likely N-dealkylation sites (tertiary alicyclic amines) is 1. The first-order valence-electron chi connectivity index (χ1n) is 12.8. The van der Waals surface area contributed by atoms with Crippen molar-refractivity contribution < 1.29 is 14.3 Å². The summed E-state index contributed by atoms with van der Waals surface area (Å²) in [6.45, 7) is 4.51. The molecular weight excluding hydrogens is 412 g/mol. The van der Waals surface area contributed by atoms with Crippen LogP contribution in [0.4, 0.5) is 0 Å². The summed E-state index contributed by atoms with van der Waals surface area (Å²) in [5.74, 6) is 1.87. The van der Waals surface area contributed by atoms with Crippen molar-refractivity contribution in [2.75, 3.05) is 32.8 Å². The van der Waals surface area contributed by atoms with E-state index in [4.69, 9.17) is 9.47 Å². The molecule has 4 aliphatic rings. The van der Waals surface area contributed by atoms with Crippen molar-refractivity contribution in [1.82, 2.24) is 9.80 Å². The van der Waals surface area contributed by atoms with Crippen LogP contribution in [0.1, 0.15) is 59.2 Å². The van der Waals surface area contributed by atoms with Gasteiger partial charge in [0.1, 0.15) is 17.6 Å². The number of piperidine rings is 1. The van der Waals surface area contributed by atoms with Crippen LogP contribution < -0.4 is 9.47 Å². The number of nitrogens with zero attached hydrogens (tertiary/aromatic N) is 2. The third-order valence-electron chi connectivity index (χ3n) is 8.08. The Bertz CT molecular complexity index is 1020. The van der Waals surface area contributed by atoms with Crippen LogP contribution in [-0.2, 0) is 19.3 Å². The average molecular weight is 447 g/mol. The molecule has 5 nitrogen and oxygen atoms in total. The molecule has 0 unspecified atom stereocenters. The molecule has 0 N–H and O–H groups in total. The fraction of sp³-hybridized carbons (Fsp3) is 0.536. The van der Waals surface area contributed by atoms with Gasteiger partial charge in [-0.3, -0.25) is 9.69 Å². The van der Waals surface area contributed by atoms with Crippen LogP contribution >= 0.6 is 0 Å². The second-order valence-corrected chi connectivity index (χ2v) is 10.1. The Kier molecular flexibility index (Phi) is 5.75. The Morgan fingerprint density at radius 3 is 2.48 bits per heavy atom. The van der Waals surface area contributed by atoms with Gasteiger partial charge in [-0.15, -0.1) is 0 Å². The lowest BCUT2D eigenvalue weighted by Gasteiger charge is -2.36. The Labute approximate surface area is 196 Å². The molecule has 2 aromatic rings. The first kappa shape index (κ1) is 21.0. The number of hydrogen-bond donors (Lipinski definition) is 0. The van der Waals surface area contributed by atoms with Gasteiger partial charge in [0.2, 0.25) is 0 Å². The molecule has 5 heteroatoms. The highest BCUT2D eigenvalue weighted by Crippen LogP contribution is 2.32. The van der Waals surface area contributed by atoms with E-state index in [-0.39, 0.29) is 12.0 Å². The van der Waals surface area contributed by atoms with Gasteiger partial charge in [-0.05, 0) is 60.6 Å². The summed E-state index contributed by atoms with van der Waals surface area (Å²) in [7, 11) is 0. The van der Waals surface area contributed by atoms with Crippen molar-refractivity contribution in [2.45, 2.75) is 63.5 Å². The average Bonchev–Trinajstić information content (AvgIpc) is 3.20. The van der Waals surface area contributed by atoms with E-state index < -0.39 is 0 Å². The van der Waals surface area contributed by atoms with Gasteiger partial charge in [-0.25, -0.2) is 0 Å². The molecule has 3 heterocycles. The van der Waals surface area contributed by atoms with Gasteiger partial charge in [-0.2, -0.15) is 0 Å². The van der Waals surface area contributed by atoms with Gasteiger partial charge in [0.05, 0.1) is 12.2 Å². The molecule has 0 spiro atoms. The van der Waals surface area contributed by atoms with Gasteiger partial charge < -0.3 is 14.4 Å². The number of amides is 1. The molecule has 0 atom stereocenters. The van der Waals surface area contributed by atoms with E-state index in [1.807, 2.05) is 17.0 Å². The minimum absolute atomic E-state index is 0.0910. The largest absolute Gasteiger partial charge is 0.492 e. The molecule has 0 aromatic heterocycles. The first-order chi connectivity index (χ1) is 16.2. The summed E-state index contributed by atoms with van der Waals surface area (Å²) in [5, 5.41) is 0. The molecule has 33 heavy (non-hydrogen) atoms. The maximum Gasteiger partial charge on any atom is 0.257 e. The van der Waals surface area contributed by atoms with Crippen LogP contribution in [0.3, 0.4) is 0 Å². The maximum atomic E-state index is 13.1. The number of rotatable bonds is 4. The zero-order valence-corrected chi connectivity index (χ0v) is 19.4. The molecule has 2 aromatic carbocycles. The highest BCUT2D eigenvalue weighted by atomic mass is 16.5. The first-order valence-corrected chi connectivity index (χ1v) is 12.8. The van der Waals surface area contributed by atoms with Crippen molar-refractivity contribution in [1.29, 1.82) is 0 Å². The molecule has 1 amide bonds. The fourth-order valence-corrected chi connectivity index (χ4v) is 5.83. The van der Waals surface area contributed by atoms with Crippen molar-refractivity contribution in [3.63, 3.8) is 0 Å². The summed E-state index contributed by atoms with van der Waals surface area (Å²) in [5.41, 5.74) is 4.81. The maximum absolute atomic E-state index is 13.1. The zero-order valence-electron chi connectivity index (χ0n) is 19.4. The van der Waals surface area contributed by atoms with Gasteiger partial charge in [0.15, 0.2) is 0 Å². The predicted molar refractivity (Wildman–Crippen MR) is 128 cm³/mol. The Balaban J connectivity index is 1.05. The third kappa shape index (κ3) is 4.23. The predicted octanol–water partition coefficient (Wildman–Crippen LogP) is 4.26. The number of ether oxygens (including phenoxy) is 2. The third-order valence-corrected chi connectivity index (χ3v) is 8.08. The number of carbonyl (C=O) groups is 1. The number of hydrogen-bond acceptors (Lipinski definition) is 4. The molecule has 1 saturated carbocycles. The van der Waals surface area contributed by atoms with Crippen molar-refractivity contribution >= 4 is 5.91 Å².